The molecule has 0 aliphatic heterocycles. The summed E-state index contributed by atoms with van der Waals surface area (Å²) in [4.78, 5) is 0. The van der Waals surface area contributed by atoms with Gasteiger partial charge in [0.15, 0.2) is 0 Å². The third-order valence-corrected chi connectivity index (χ3v) is 4.34. The minimum atomic E-state index is -3.92. The Balaban J connectivity index is 2.96. The first kappa shape index (κ1) is 16.1. The van der Waals surface area contributed by atoms with Crippen molar-refractivity contribution in [1.82, 2.24) is 10.0 Å². The maximum atomic E-state index is 12.1. The molecule has 0 fully saturated rings. The van der Waals surface area contributed by atoms with Crippen molar-refractivity contribution in [3.63, 3.8) is 0 Å². The molecule has 0 saturated heterocycles. The summed E-state index contributed by atoms with van der Waals surface area (Å²) in [7, 11) is -2.20. The highest BCUT2D eigenvalue weighted by Gasteiger charge is 2.34. The first-order valence-corrected chi connectivity index (χ1v) is 7.40. The van der Waals surface area contributed by atoms with Gasteiger partial charge in [-0.25, -0.2) is 8.42 Å². The van der Waals surface area contributed by atoms with Crippen LogP contribution in [0.5, 0.6) is 0 Å². The van der Waals surface area contributed by atoms with Crippen molar-refractivity contribution in [3.8, 4) is 0 Å². The molecule has 0 saturated carbocycles. The van der Waals surface area contributed by atoms with Gasteiger partial charge in [-0.2, -0.15) is 4.72 Å². The van der Waals surface area contributed by atoms with Gasteiger partial charge in [0.1, 0.15) is 5.76 Å². The summed E-state index contributed by atoms with van der Waals surface area (Å²) in [5.74, 6) is 0.484. The van der Waals surface area contributed by atoms with Crippen LogP contribution in [0.4, 0.5) is 0 Å². The average Bonchev–Trinajstić information content (AvgIpc) is 2.86. The number of rotatable bonds is 8. The van der Waals surface area contributed by atoms with E-state index in [9.17, 15) is 18.6 Å². The molecule has 0 aliphatic carbocycles. The van der Waals surface area contributed by atoms with Crippen LogP contribution in [0.1, 0.15) is 19.1 Å². The molecule has 0 bridgehead atoms. The molecule has 0 spiro atoms. The highest BCUT2D eigenvalue weighted by Crippen LogP contribution is 2.18. The highest BCUT2D eigenvalue weighted by molar-refractivity contribution is 7.89. The number of sulfonamides is 1. The fourth-order valence-corrected chi connectivity index (χ4v) is 2.93. The van der Waals surface area contributed by atoms with Gasteiger partial charge >= 0.3 is 0 Å². The van der Waals surface area contributed by atoms with E-state index in [1.165, 1.54) is 6.07 Å². The van der Waals surface area contributed by atoms with Crippen LogP contribution in [0.25, 0.3) is 0 Å². The van der Waals surface area contributed by atoms with Crippen LogP contribution in [0, 0.1) is 0 Å². The topological polar surface area (TPSA) is 112 Å². The molecular formula is C11H20N2O5S. The number of hydrogen-bond donors (Lipinski definition) is 4. The molecule has 110 valence electrons. The maximum Gasteiger partial charge on any atom is 0.274 e. The van der Waals surface area contributed by atoms with Gasteiger partial charge in [0, 0.05) is 0 Å². The number of furan rings is 1. The maximum absolute atomic E-state index is 12.1. The summed E-state index contributed by atoms with van der Waals surface area (Å²) in [6.07, 6.45) is 0.253. The van der Waals surface area contributed by atoms with Crippen LogP contribution in [0.15, 0.2) is 21.6 Å². The number of aliphatic hydroxyl groups is 2. The lowest BCUT2D eigenvalue weighted by Crippen LogP contribution is -2.53. The second kappa shape index (κ2) is 6.49. The van der Waals surface area contributed by atoms with Crippen LogP contribution in [-0.2, 0) is 16.6 Å². The Morgan fingerprint density at radius 1 is 1.32 bits per heavy atom. The Kier molecular flexibility index (Phi) is 5.50. The van der Waals surface area contributed by atoms with Gasteiger partial charge in [0.05, 0.1) is 25.3 Å². The van der Waals surface area contributed by atoms with Crippen molar-refractivity contribution in [3.05, 3.63) is 17.9 Å². The first-order valence-electron chi connectivity index (χ1n) is 5.92. The molecule has 0 aromatic carbocycles. The molecular weight excluding hydrogens is 272 g/mol. The van der Waals surface area contributed by atoms with E-state index < -0.39 is 28.8 Å². The molecule has 1 heterocycles. The largest absolute Gasteiger partial charge is 0.447 e. The summed E-state index contributed by atoms with van der Waals surface area (Å²) < 4.78 is 31.7. The van der Waals surface area contributed by atoms with Crippen LogP contribution >= 0.6 is 0 Å². The van der Waals surface area contributed by atoms with E-state index in [0.717, 1.165) is 0 Å². The van der Waals surface area contributed by atoms with Crippen LogP contribution in [-0.4, -0.2) is 44.4 Å². The highest BCUT2D eigenvalue weighted by atomic mass is 32.2. The molecule has 8 heteroatoms. The summed E-state index contributed by atoms with van der Waals surface area (Å²) in [6.45, 7) is 1.09. The normalized spacial score (nSPS) is 12.8. The summed E-state index contributed by atoms with van der Waals surface area (Å²) in [5.41, 5.74) is -1.28. The van der Waals surface area contributed by atoms with E-state index in [1.807, 2.05) is 0 Å². The van der Waals surface area contributed by atoms with Crippen molar-refractivity contribution in [2.45, 2.75) is 30.5 Å². The minimum absolute atomic E-state index is 0.238. The zero-order chi connectivity index (χ0) is 14.5. The molecule has 1 aromatic heterocycles. The third kappa shape index (κ3) is 3.77. The molecule has 19 heavy (non-hydrogen) atoms. The number of aliphatic hydroxyl groups excluding tert-OH is 2. The fraction of sp³-hybridized carbons (Fsp3) is 0.636. The number of hydrogen-bond acceptors (Lipinski definition) is 6. The van der Waals surface area contributed by atoms with Gasteiger partial charge in [0.25, 0.3) is 10.0 Å². The van der Waals surface area contributed by atoms with Gasteiger partial charge < -0.3 is 19.9 Å². The minimum Gasteiger partial charge on any atom is -0.447 e. The predicted octanol–water partition coefficient (Wildman–Crippen LogP) is -0.589. The molecule has 7 nitrogen and oxygen atoms in total. The van der Waals surface area contributed by atoms with E-state index in [-0.39, 0.29) is 11.5 Å². The quantitative estimate of drug-likeness (QED) is 0.509. The predicted molar refractivity (Wildman–Crippen MR) is 69.0 cm³/mol. The lowest BCUT2D eigenvalue weighted by atomic mass is 10.0. The Morgan fingerprint density at radius 2 is 1.95 bits per heavy atom. The molecule has 1 aromatic rings. The Hall–Kier alpha value is -0.930. The van der Waals surface area contributed by atoms with Crippen LogP contribution < -0.4 is 10.0 Å². The van der Waals surface area contributed by atoms with Crippen LogP contribution in [0.3, 0.4) is 0 Å². The molecule has 0 aliphatic rings. The zero-order valence-corrected chi connectivity index (χ0v) is 11.8. The van der Waals surface area contributed by atoms with Crippen molar-refractivity contribution < 1.29 is 23.0 Å². The Morgan fingerprint density at radius 3 is 2.42 bits per heavy atom. The molecule has 0 radical (unpaired) electrons. The van der Waals surface area contributed by atoms with Crippen molar-refractivity contribution in [2.24, 2.45) is 0 Å². The van der Waals surface area contributed by atoms with Crippen LogP contribution in [0.2, 0.25) is 0 Å². The number of nitrogens with one attached hydrogen (secondary N) is 2. The first-order chi connectivity index (χ1) is 8.93. The van der Waals surface area contributed by atoms with Gasteiger partial charge in [-0.15, -0.1) is 0 Å². The second-order valence-corrected chi connectivity index (χ2v) is 5.92. The van der Waals surface area contributed by atoms with E-state index in [2.05, 4.69) is 10.0 Å². The van der Waals surface area contributed by atoms with Gasteiger partial charge in [-0.05, 0) is 25.6 Å². The molecule has 0 atom stereocenters. The standard InChI is InChI=1S/C11H20N2O5S/c1-3-11(7-14,8-15)13-19(16,17)10-5-4-9(18-10)6-12-2/h4-5,12-15H,3,6-8H2,1-2H3. The average molecular weight is 292 g/mol. The lowest BCUT2D eigenvalue weighted by Gasteiger charge is -2.28. The van der Waals surface area contributed by atoms with Gasteiger partial charge in [-0.3, -0.25) is 0 Å². The lowest BCUT2D eigenvalue weighted by molar-refractivity contribution is 0.105. The van der Waals surface area contributed by atoms with Crippen molar-refractivity contribution >= 4 is 10.0 Å². The zero-order valence-electron chi connectivity index (χ0n) is 11.0. The Labute approximate surface area is 112 Å². The SMILES string of the molecule is CCC(CO)(CO)NS(=O)(=O)c1ccc(CNC)o1. The summed E-state index contributed by atoms with van der Waals surface area (Å²) >= 11 is 0. The van der Waals surface area contributed by atoms with E-state index >= 15 is 0 Å². The monoisotopic (exact) mass is 292 g/mol. The van der Waals surface area contributed by atoms with Gasteiger partial charge in [-0.1, -0.05) is 6.92 Å². The van der Waals surface area contributed by atoms with E-state index in [4.69, 9.17) is 4.42 Å². The molecule has 0 amide bonds. The molecule has 0 unspecified atom stereocenters. The molecule has 1 rings (SSSR count). The molecule has 4 N–H and O–H groups in total. The Bertz CT molecular complexity index is 485. The second-order valence-electron chi connectivity index (χ2n) is 4.31. The third-order valence-electron chi connectivity index (χ3n) is 2.89. The van der Waals surface area contributed by atoms with E-state index in [0.29, 0.717) is 12.3 Å². The summed E-state index contributed by atoms with van der Waals surface area (Å²) in [5, 5.41) is 21.1. The van der Waals surface area contributed by atoms with Crippen molar-refractivity contribution in [2.75, 3.05) is 20.3 Å². The van der Waals surface area contributed by atoms with Crippen molar-refractivity contribution in [1.29, 1.82) is 0 Å². The van der Waals surface area contributed by atoms with E-state index in [1.54, 1.807) is 20.0 Å². The smallest absolute Gasteiger partial charge is 0.274 e. The fourth-order valence-electron chi connectivity index (χ4n) is 1.52. The van der Waals surface area contributed by atoms with Gasteiger partial charge in [0.2, 0.25) is 5.09 Å². The summed E-state index contributed by atoms with van der Waals surface area (Å²) in [6, 6.07) is 2.89.